The molecule has 6 heteroatoms. The zero-order chi connectivity index (χ0) is 24.2. The molecule has 1 saturated carbocycles. The van der Waals surface area contributed by atoms with E-state index >= 15 is 0 Å². The van der Waals surface area contributed by atoms with Crippen LogP contribution in [0.1, 0.15) is 85.0 Å². The summed E-state index contributed by atoms with van der Waals surface area (Å²) in [7, 11) is 0. The van der Waals surface area contributed by atoms with Gasteiger partial charge in [-0.3, -0.25) is 14.5 Å². The Morgan fingerprint density at radius 1 is 1.09 bits per heavy atom. The van der Waals surface area contributed by atoms with Gasteiger partial charge >= 0.3 is 5.97 Å². The highest BCUT2D eigenvalue weighted by Crippen LogP contribution is 2.42. The number of amides is 1. The number of rotatable bonds is 8. The summed E-state index contributed by atoms with van der Waals surface area (Å²) in [6.45, 7) is 6.34. The molecule has 1 aliphatic carbocycles. The Labute approximate surface area is 205 Å². The van der Waals surface area contributed by atoms with E-state index in [4.69, 9.17) is 5.11 Å². The molecule has 2 saturated heterocycles. The van der Waals surface area contributed by atoms with E-state index in [0.717, 1.165) is 30.4 Å². The van der Waals surface area contributed by atoms with Crippen molar-refractivity contribution in [1.29, 1.82) is 0 Å². The van der Waals surface area contributed by atoms with Gasteiger partial charge in [-0.2, -0.15) is 0 Å². The van der Waals surface area contributed by atoms with Gasteiger partial charge in [0, 0.05) is 31.1 Å². The van der Waals surface area contributed by atoms with Crippen molar-refractivity contribution in [2.24, 2.45) is 11.8 Å². The van der Waals surface area contributed by atoms with E-state index in [9.17, 15) is 9.59 Å². The molecular formula is C28H43N3O3. The number of nitrogens with zero attached hydrogens (tertiary/aromatic N) is 2. The number of fused-ring (bicyclic) bond motifs is 2. The smallest absolute Gasteiger partial charge is 0.322 e. The Morgan fingerprint density at radius 3 is 2.41 bits per heavy atom. The molecular weight excluding hydrogens is 426 g/mol. The number of benzene rings is 1. The van der Waals surface area contributed by atoms with E-state index in [1.165, 1.54) is 51.4 Å². The first-order chi connectivity index (χ1) is 16.3. The summed E-state index contributed by atoms with van der Waals surface area (Å²) >= 11 is 0. The molecule has 1 amide bonds. The first-order valence-electron chi connectivity index (χ1n) is 13.5. The van der Waals surface area contributed by atoms with Gasteiger partial charge in [-0.15, -0.1) is 0 Å². The largest absolute Gasteiger partial charge is 0.480 e. The molecule has 3 aliphatic rings. The zero-order valence-corrected chi connectivity index (χ0v) is 21.2. The van der Waals surface area contributed by atoms with Crippen LogP contribution in [0.3, 0.4) is 0 Å². The normalized spacial score (nSPS) is 30.4. The van der Waals surface area contributed by atoms with Crippen LogP contribution >= 0.6 is 0 Å². The number of carbonyl (C=O) groups excluding carboxylic acids is 1. The van der Waals surface area contributed by atoms with Crippen LogP contribution in [0.15, 0.2) is 24.3 Å². The summed E-state index contributed by atoms with van der Waals surface area (Å²) in [6, 6.07) is 9.43. The van der Waals surface area contributed by atoms with Crippen molar-refractivity contribution in [3.63, 3.8) is 0 Å². The second-order valence-corrected chi connectivity index (χ2v) is 11.2. The highest BCUT2D eigenvalue weighted by molar-refractivity contribution is 5.96. The third-order valence-electron chi connectivity index (χ3n) is 8.53. The molecule has 0 spiro atoms. The topological polar surface area (TPSA) is 72.9 Å². The third kappa shape index (κ3) is 5.76. The lowest BCUT2D eigenvalue weighted by Gasteiger charge is -2.54. The van der Waals surface area contributed by atoms with E-state index in [1.54, 1.807) is 6.92 Å². The van der Waals surface area contributed by atoms with Crippen LogP contribution in [-0.2, 0) is 9.59 Å². The van der Waals surface area contributed by atoms with Crippen molar-refractivity contribution in [3.05, 3.63) is 24.3 Å². The van der Waals surface area contributed by atoms with E-state index in [-0.39, 0.29) is 18.5 Å². The number of carboxylic acids is 1. The molecule has 4 rings (SSSR count). The summed E-state index contributed by atoms with van der Waals surface area (Å²) in [6.07, 6.45) is 12.5. The summed E-state index contributed by atoms with van der Waals surface area (Å²) in [5, 5.41) is 12.1. The van der Waals surface area contributed by atoms with E-state index in [0.29, 0.717) is 23.8 Å². The van der Waals surface area contributed by atoms with Crippen LogP contribution in [0.25, 0.3) is 0 Å². The number of hydrogen-bond acceptors (Lipinski definition) is 4. The van der Waals surface area contributed by atoms with Crippen molar-refractivity contribution >= 4 is 23.3 Å². The minimum atomic E-state index is -0.909. The highest BCUT2D eigenvalue weighted by Gasteiger charge is 2.43. The number of hydrogen-bond donors (Lipinski definition) is 2. The fourth-order valence-electron chi connectivity index (χ4n) is 7.32. The Kier molecular flexibility index (Phi) is 8.18. The predicted molar refractivity (Wildman–Crippen MR) is 137 cm³/mol. The Balaban J connectivity index is 1.50. The molecule has 188 valence electrons. The monoisotopic (exact) mass is 469 g/mol. The predicted octanol–water partition coefficient (Wildman–Crippen LogP) is 5.53. The maximum Gasteiger partial charge on any atom is 0.322 e. The van der Waals surface area contributed by atoms with Crippen LogP contribution < -0.4 is 10.2 Å². The number of piperidine rings is 2. The van der Waals surface area contributed by atoms with Gasteiger partial charge in [-0.25, -0.2) is 0 Å². The zero-order valence-electron chi connectivity index (χ0n) is 21.2. The minimum absolute atomic E-state index is 0.0327. The van der Waals surface area contributed by atoms with Gasteiger partial charge in [-0.1, -0.05) is 44.7 Å². The quantitative estimate of drug-likeness (QED) is 0.524. The van der Waals surface area contributed by atoms with Gasteiger partial charge in [-0.05, 0) is 69.4 Å². The molecule has 0 aromatic heterocycles. The molecule has 2 heterocycles. The van der Waals surface area contributed by atoms with Gasteiger partial charge in [0.1, 0.15) is 6.54 Å². The lowest BCUT2D eigenvalue weighted by atomic mass is 9.76. The third-order valence-corrected chi connectivity index (χ3v) is 8.53. The SMILES string of the molecule is CC(=O)N(c1ccccc1NCC(=O)O)C1C[C@H]2CCC[C@@H](C1)N2[C@@H](C)C[C@H]1CCC[C@@H](C)C1. The molecule has 6 nitrogen and oxygen atoms in total. The maximum absolute atomic E-state index is 12.9. The molecule has 6 atom stereocenters. The van der Waals surface area contributed by atoms with Gasteiger partial charge in [0.2, 0.25) is 5.91 Å². The van der Waals surface area contributed by atoms with E-state index in [2.05, 4.69) is 24.1 Å². The number of para-hydroxylation sites is 2. The van der Waals surface area contributed by atoms with Crippen LogP contribution in [0, 0.1) is 11.8 Å². The molecule has 2 aliphatic heterocycles. The number of carboxylic acid groups (broad SMARTS) is 1. The molecule has 34 heavy (non-hydrogen) atoms. The van der Waals surface area contributed by atoms with E-state index in [1.807, 2.05) is 29.2 Å². The second-order valence-electron chi connectivity index (χ2n) is 11.2. The van der Waals surface area contributed by atoms with Crippen LogP contribution in [-0.4, -0.2) is 52.6 Å². The number of anilines is 2. The Bertz CT molecular complexity index is 845. The molecule has 1 aromatic rings. The fourth-order valence-corrected chi connectivity index (χ4v) is 7.32. The van der Waals surface area contributed by atoms with Crippen molar-refractivity contribution in [3.8, 4) is 0 Å². The average Bonchev–Trinajstić information content (AvgIpc) is 2.77. The maximum atomic E-state index is 12.9. The lowest BCUT2D eigenvalue weighted by molar-refractivity contribution is -0.135. The van der Waals surface area contributed by atoms with Crippen LogP contribution in [0.5, 0.6) is 0 Å². The second kappa shape index (κ2) is 11.1. The molecule has 0 radical (unpaired) electrons. The van der Waals surface area contributed by atoms with Crippen molar-refractivity contribution in [2.75, 3.05) is 16.8 Å². The van der Waals surface area contributed by atoms with Gasteiger partial charge in [0.05, 0.1) is 11.4 Å². The van der Waals surface area contributed by atoms with Gasteiger partial charge in [0.25, 0.3) is 0 Å². The Morgan fingerprint density at radius 2 is 1.76 bits per heavy atom. The molecule has 2 N–H and O–H groups in total. The molecule has 2 bridgehead atoms. The van der Waals surface area contributed by atoms with Crippen molar-refractivity contribution < 1.29 is 14.7 Å². The number of aliphatic carboxylic acids is 1. The van der Waals surface area contributed by atoms with E-state index < -0.39 is 5.97 Å². The van der Waals surface area contributed by atoms with Crippen LogP contribution in [0.4, 0.5) is 11.4 Å². The first kappa shape index (κ1) is 25.0. The number of nitrogens with one attached hydrogen (secondary N) is 1. The summed E-state index contributed by atoms with van der Waals surface area (Å²) in [4.78, 5) is 28.8. The molecule has 3 fully saturated rings. The standard InChI is InChI=1S/C28H43N3O3/c1-19-8-6-9-22(14-19)15-20(2)30-23-10-7-11-24(30)17-25(16-23)31(21(3)32)27-13-5-4-12-26(27)29-18-28(33)34/h4-5,12-13,19-20,22-25,29H,6-11,14-18H2,1-3H3,(H,33,34)/t19-,20+,22+,23-,24+,25?/m1/s1. The Hall–Kier alpha value is -2.08. The minimum Gasteiger partial charge on any atom is -0.480 e. The van der Waals surface area contributed by atoms with Gasteiger partial charge < -0.3 is 15.3 Å². The van der Waals surface area contributed by atoms with Crippen molar-refractivity contribution in [2.45, 2.75) is 109 Å². The summed E-state index contributed by atoms with van der Waals surface area (Å²) < 4.78 is 0. The lowest BCUT2D eigenvalue weighted by Crippen LogP contribution is -2.60. The fraction of sp³-hybridized carbons (Fsp3) is 0.714. The summed E-state index contributed by atoms with van der Waals surface area (Å²) in [5.74, 6) is 0.854. The average molecular weight is 470 g/mol. The first-order valence-corrected chi connectivity index (χ1v) is 13.5. The van der Waals surface area contributed by atoms with Crippen molar-refractivity contribution in [1.82, 2.24) is 4.90 Å². The summed E-state index contributed by atoms with van der Waals surface area (Å²) in [5.41, 5.74) is 1.52. The number of carbonyl (C=O) groups is 2. The molecule has 1 aromatic carbocycles. The molecule has 1 unspecified atom stereocenters. The van der Waals surface area contributed by atoms with Gasteiger partial charge in [0.15, 0.2) is 0 Å². The van der Waals surface area contributed by atoms with Crippen LogP contribution in [0.2, 0.25) is 0 Å². The highest BCUT2D eigenvalue weighted by atomic mass is 16.4.